The van der Waals surface area contributed by atoms with Gasteiger partial charge in [0.05, 0.1) is 11.7 Å². The fourth-order valence-electron chi connectivity index (χ4n) is 2.05. The van der Waals surface area contributed by atoms with E-state index < -0.39 is 0 Å². The Kier molecular flexibility index (Phi) is 4.45. The van der Waals surface area contributed by atoms with Crippen LogP contribution in [0.25, 0.3) is 0 Å². The lowest BCUT2D eigenvalue weighted by Crippen LogP contribution is -2.27. The second kappa shape index (κ2) is 6.09. The van der Waals surface area contributed by atoms with Gasteiger partial charge in [0.25, 0.3) is 5.91 Å². The smallest absolute Gasteiger partial charge is 0.257 e. The Morgan fingerprint density at radius 3 is 2.65 bits per heavy atom. The van der Waals surface area contributed by atoms with Crippen LogP contribution in [-0.2, 0) is 6.42 Å². The third kappa shape index (κ3) is 3.02. The first kappa shape index (κ1) is 14.6. The van der Waals surface area contributed by atoms with E-state index in [-0.39, 0.29) is 11.9 Å². The Hall–Kier alpha value is -1.81. The highest BCUT2D eigenvalue weighted by Crippen LogP contribution is 2.19. The van der Waals surface area contributed by atoms with E-state index in [9.17, 15) is 4.79 Å². The maximum absolute atomic E-state index is 12.3. The average molecular weight is 293 g/mol. The van der Waals surface area contributed by atoms with Crippen molar-refractivity contribution in [3.8, 4) is 0 Å². The van der Waals surface area contributed by atoms with Crippen LogP contribution < -0.4 is 5.32 Å². The number of amides is 1. The quantitative estimate of drug-likeness (QED) is 0.935. The highest BCUT2D eigenvalue weighted by molar-refractivity contribution is 6.30. The molecular weight excluding hydrogens is 276 g/mol. The summed E-state index contributed by atoms with van der Waals surface area (Å²) in [7, 11) is 0. The van der Waals surface area contributed by atoms with E-state index in [1.807, 2.05) is 38.1 Å². The van der Waals surface area contributed by atoms with Gasteiger partial charge in [0.15, 0.2) is 0 Å². The zero-order chi connectivity index (χ0) is 14.7. The first-order chi connectivity index (χ1) is 9.52. The molecule has 1 amide bonds. The molecule has 20 heavy (non-hydrogen) atoms. The third-order valence-corrected chi connectivity index (χ3v) is 3.45. The average Bonchev–Trinajstić information content (AvgIpc) is 2.80. The molecule has 0 bridgehead atoms. The van der Waals surface area contributed by atoms with Crippen molar-refractivity contribution < 1.29 is 9.32 Å². The first-order valence-electron chi connectivity index (χ1n) is 6.54. The summed E-state index contributed by atoms with van der Waals surface area (Å²) in [4.78, 5) is 12.3. The van der Waals surface area contributed by atoms with Crippen molar-refractivity contribution in [2.45, 2.75) is 33.2 Å². The van der Waals surface area contributed by atoms with Gasteiger partial charge in [-0.05, 0) is 31.5 Å². The monoisotopic (exact) mass is 292 g/mol. The Balaban J connectivity index is 2.15. The summed E-state index contributed by atoms with van der Waals surface area (Å²) in [5, 5.41) is 7.47. The van der Waals surface area contributed by atoms with Crippen molar-refractivity contribution >= 4 is 17.5 Å². The number of rotatable bonds is 4. The van der Waals surface area contributed by atoms with Crippen LogP contribution in [0.4, 0.5) is 0 Å². The highest BCUT2D eigenvalue weighted by atomic mass is 35.5. The van der Waals surface area contributed by atoms with Crippen LogP contribution in [0, 0.1) is 6.92 Å². The number of hydrogen-bond acceptors (Lipinski definition) is 3. The summed E-state index contributed by atoms with van der Waals surface area (Å²) >= 11 is 5.86. The van der Waals surface area contributed by atoms with Gasteiger partial charge in [0, 0.05) is 11.4 Å². The topological polar surface area (TPSA) is 55.1 Å². The predicted molar refractivity (Wildman–Crippen MR) is 78.0 cm³/mol. The summed E-state index contributed by atoms with van der Waals surface area (Å²) < 4.78 is 5.14. The number of aryl methyl sites for hydroxylation is 2. The van der Waals surface area contributed by atoms with Crippen molar-refractivity contribution in [1.82, 2.24) is 10.5 Å². The molecule has 1 heterocycles. The number of halogens is 1. The Morgan fingerprint density at radius 1 is 1.40 bits per heavy atom. The largest absolute Gasteiger partial charge is 0.360 e. The summed E-state index contributed by atoms with van der Waals surface area (Å²) in [6.07, 6.45) is 0.638. The van der Waals surface area contributed by atoms with E-state index in [4.69, 9.17) is 16.1 Å². The highest BCUT2D eigenvalue weighted by Gasteiger charge is 2.20. The summed E-state index contributed by atoms with van der Waals surface area (Å²) in [6, 6.07) is 7.30. The van der Waals surface area contributed by atoms with Gasteiger partial charge in [0.1, 0.15) is 11.3 Å². The van der Waals surface area contributed by atoms with Gasteiger partial charge in [-0.1, -0.05) is 35.8 Å². The lowest BCUT2D eigenvalue weighted by molar-refractivity contribution is 0.0937. The van der Waals surface area contributed by atoms with Gasteiger partial charge >= 0.3 is 0 Å². The first-order valence-corrected chi connectivity index (χ1v) is 6.92. The number of nitrogens with zero attached hydrogens (tertiary/aromatic N) is 1. The maximum atomic E-state index is 12.3. The minimum absolute atomic E-state index is 0.112. The molecule has 0 fully saturated rings. The molecule has 2 aromatic rings. The van der Waals surface area contributed by atoms with Crippen molar-refractivity contribution in [2.75, 3.05) is 0 Å². The zero-order valence-corrected chi connectivity index (χ0v) is 12.5. The van der Waals surface area contributed by atoms with Gasteiger partial charge in [-0.2, -0.15) is 0 Å². The van der Waals surface area contributed by atoms with E-state index in [1.165, 1.54) is 0 Å². The van der Waals surface area contributed by atoms with Crippen LogP contribution in [-0.4, -0.2) is 11.1 Å². The molecule has 2 rings (SSSR count). The number of nitrogens with one attached hydrogen (secondary N) is 1. The number of carbonyl (C=O) groups is 1. The van der Waals surface area contributed by atoms with E-state index in [2.05, 4.69) is 10.5 Å². The molecule has 0 radical (unpaired) electrons. The molecule has 1 atom stereocenters. The van der Waals surface area contributed by atoms with Crippen LogP contribution in [0.15, 0.2) is 28.8 Å². The van der Waals surface area contributed by atoms with Crippen molar-refractivity contribution in [3.05, 3.63) is 51.9 Å². The van der Waals surface area contributed by atoms with E-state index >= 15 is 0 Å². The molecule has 1 aromatic carbocycles. The van der Waals surface area contributed by atoms with Gasteiger partial charge in [-0.25, -0.2) is 0 Å². The van der Waals surface area contributed by atoms with E-state index in [1.54, 1.807) is 6.92 Å². The molecule has 106 valence electrons. The molecule has 0 aliphatic rings. The van der Waals surface area contributed by atoms with Crippen LogP contribution in [0.1, 0.15) is 47.3 Å². The SMILES string of the molecule is CCc1onc(C)c1C(=O)NC(C)c1ccc(Cl)cc1. The van der Waals surface area contributed by atoms with Gasteiger partial charge in [-0.15, -0.1) is 0 Å². The van der Waals surface area contributed by atoms with E-state index in [0.29, 0.717) is 28.5 Å². The fourth-order valence-corrected chi connectivity index (χ4v) is 2.18. The summed E-state index contributed by atoms with van der Waals surface area (Å²) in [6.45, 7) is 5.62. The standard InChI is InChI=1S/C15H17ClN2O2/c1-4-13-14(10(3)18-20-13)15(19)17-9(2)11-5-7-12(16)8-6-11/h5-9H,4H2,1-3H3,(H,17,19). The molecule has 4 nitrogen and oxygen atoms in total. The van der Waals surface area contributed by atoms with Crippen molar-refractivity contribution in [3.63, 3.8) is 0 Å². The molecule has 0 aliphatic heterocycles. The molecule has 0 spiro atoms. The van der Waals surface area contributed by atoms with Crippen LogP contribution in [0.2, 0.25) is 5.02 Å². The van der Waals surface area contributed by atoms with Crippen LogP contribution >= 0.6 is 11.6 Å². The van der Waals surface area contributed by atoms with Crippen molar-refractivity contribution in [2.24, 2.45) is 0 Å². The normalized spacial score (nSPS) is 12.2. The molecule has 0 aliphatic carbocycles. The van der Waals surface area contributed by atoms with Gasteiger partial charge in [0.2, 0.25) is 0 Å². The van der Waals surface area contributed by atoms with Crippen LogP contribution in [0.3, 0.4) is 0 Å². The second-order valence-electron chi connectivity index (χ2n) is 4.67. The maximum Gasteiger partial charge on any atom is 0.257 e. The lowest BCUT2D eigenvalue weighted by atomic mass is 10.1. The Labute approximate surface area is 123 Å². The molecule has 1 unspecified atom stereocenters. The van der Waals surface area contributed by atoms with Gasteiger partial charge < -0.3 is 9.84 Å². The minimum Gasteiger partial charge on any atom is -0.360 e. The van der Waals surface area contributed by atoms with Crippen molar-refractivity contribution in [1.29, 1.82) is 0 Å². The Morgan fingerprint density at radius 2 is 2.05 bits per heavy atom. The third-order valence-electron chi connectivity index (χ3n) is 3.20. The van der Waals surface area contributed by atoms with Crippen LogP contribution in [0.5, 0.6) is 0 Å². The molecule has 0 saturated carbocycles. The predicted octanol–water partition coefficient (Wildman–Crippen LogP) is 3.69. The van der Waals surface area contributed by atoms with E-state index in [0.717, 1.165) is 5.56 Å². The van der Waals surface area contributed by atoms with Gasteiger partial charge in [-0.3, -0.25) is 4.79 Å². The Bertz CT molecular complexity index is 605. The molecule has 5 heteroatoms. The fraction of sp³-hybridized carbons (Fsp3) is 0.333. The molecule has 1 N–H and O–H groups in total. The summed E-state index contributed by atoms with van der Waals surface area (Å²) in [5.41, 5.74) is 2.14. The second-order valence-corrected chi connectivity index (χ2v) is 5.10. The molecule has 1 aromatic heterocycles. The lowest BCUT2D eigenvalue weighted by Gasteiger charge is -2.14. The minimum atomic E-state index is -0.164. The number of aromatic nitrogens is 1. The number of hydrogen-bond donors (Lipinski definition) is 1. The molecular formula is C15H17ClN2O2. The molecule has 0 saturated heterocycles. The number of carbonyl (C=O) groups excluding carboxylic acids is 1. The zero-order valence-electron chi connectivity index (χ0n) is 11.7. The number of benzene rings is 1. The summed E-state index contributed by atoms with van der Waals surface area (Å²) in [5.74, 6) is 0.450.